The van der Waals surface area contributed by atoms with E-state index in [4.69, 9.17) is 4.74 Å². The molecule has 1 aliphatic rings. The van der Waals surface area contributed by atoms with Crippen LogP contribution in [-0.2, 0) is 9.59 Å². The number of nitrogens with one attached hydrogen (secondary N) is 2. The second kappa shape index (κ2) is 8.42. The molecule has 0 unspecified atom stereocenters. The summed E-state index contributed by atoms with van der Waals surface area (Å²) in [6, 6.07) is 12.0. The molecule has 2 aromatic rings. The summed E-state index contributed by atoms with van der Waals surface area (Å²) in [5.41, 5.74) is 2.46. The third-order valence-corrected chi connectivity index (χ3v) is 4.90. The van der Waals surface area contributed by atoms with Crippen molar-refractivity contribution in [2.75, 3.05) is 19.0 Å². The van der Waals surface area contributed by atoms with Gasteiger partial charge in [-0.1, -0.05) is 18.2 Å². The number of methoxy groups -OCH3 is 1. The summed E-state index contributed by atoms with van der Waals surface area (Å²) in [6.07, 6.45) is 1.57. The van der Waals surface area contributed by atoms with Gasteiger partial charge in [0.25, 0.3) is 5.91 Å². The summed E-state index contributed by atoms with van der Waals surface area (Å²) in [5, 5.41) is 5.20. The van der Waals surface area contributed by atoms with Crippen LogP contribution in [0.5, 0.6) is 5.75 Å². The van der Waals surface area contributed by atoms with Gasteiger partial charge in [0.2, 0.25) is 5.91 Å². The van der Waals surface area contributed by atoms with Crippen molar-refractivity contribution in [3.8, 4) is 5.75 Å². The highest BCUT2D eigenvalue weighted by Gasteiger charge is 2.34. The average molecular weight is 491 g/mol. The zero-order valence-electron chi connectivity index (χ0n) is 15.3. The molecule has 2 aromatic carbocycles. The number of hydrogen-bond acceptors (Lipinski definition) is 4. The summed E-state index contributed by atoms with van der Waals surface area (Å²) in [5.74, 6) is -0.274. The summed E-state index contributed by atoms with van der Waals surface area (Å²) in [4.78, 5) is 37.8. The zero-order chi connectivity index (χ0) is 20.3. The lowest BCUT2D eigenvalue weighted by molar-refractivity contribution is -0.127. The second-order valence-corrected chi connectivity index (χ2v) is 7.35. The first-order valence-electron chi connectivity index (χ1n) is 8.42. The number of nitrogens with zero attached hydrogens (tertiary/aromatic N) is 1. The maximum absolute atomic E-state index is 12.5. The summed E-state index contributed by atoms with van der Waals surface area (Å²) in [6.45, 7) is 1.54. The van der Waals surface area contributed by atoms with E-state index >= 15 is 0 Å². The lowest BCUT2D eigenvalue weighted by atomic mass is 10.2. The van der Waals surface area contributed by atoms with Gasteiger partial charge in [0.05, 0.1) is 10.7 Å². The molecule has 144 valence electrons. The Hall–Kier alpha value is -2.88. The Morgan fingerprint density at radius 1 is 1.25 bits per heavy atom. The maximum Gasteiger partial charge on any atom is 0.329 e. The number of carbonyl (C=O) groups excluding carboxylic acids is 3. The monoisotopic (exact) mass is 491 g/mol. The standard InChI is InChI=1S/C20H18IN3O4/c1-12-4-3-5-14(8-12)22-18(25)11-24-19(26)16(23-20(24)27)10-13-6-7-17(28-2)15(21)9-13/h3-10H,11H2,1-2H3,(H,22,25)(H,23,27)/b16-10+. The van der Waals surface area contributed by atoms with E-state index in [2.05, 4.69) is 33.2 Å². The number of urea groups is 1. The number of carbonyl (C=O) groups is 3. The predicted octanol–water partition coefficient (Wildman–Crippen LogP) is 3.14. The van der Waals surface area contributed by atoms with E-state index in [-0.39, 0.29) is 12.2 Å². The van der Waals surface area contributed by atoms with Crippen LogP contribution in [0.3, 0.4) is 0 Å². The Bertz CT molecular complexity index is 987. The normalized spacial score (nSPS) is 15.0. The van der Waals surface area contributed by atoms with Crippen LogP contribution in [-0.4, -0.2) is 36.4 Å². The Labute approximate surface area is 175 Å². The van der Waals surface area contributed by atoms with Gasteiger partial charge in [0, 0.05) is 5.69 Å². The predicted molar refractivity (Wildman–Crippen MR) is 114 cm³/mol. The molecule has 2 N–H and O–H groups in total. The first kappa shape index (κ1) is 19.9. The Morgan fingerprint density at radius 2 is 2.04 bits per heavy atom. The molecule has 0 aliphatic carbocycles. The van der Waals surface area contributed by atoms with Crippen molar-refractivity contribution in [2.24, 2.45) is 0 Å². The fourth-order valence-electron chi connectivity index (χ4n) is 2.72. The van der Waals surface area contributed by atoms with Crippen molar-refractivity contribution in [1.29, 1.82) is 0 Å². The lowest BCUT2D eigenvalue weighted by Gasteiger charge is -2.12. The van der Waals surface area contributed by atoms with Crippen LogP contribution >= 0.6 is 22.6 Å². The maximum atomic E-state index is 12.5. The molecule has 0 atom stereocenters. The van der Waals surface area contributed by atoms with E-state index in [1.807, 2.05) is 25.1 Å². The highest BCUT2D eigenvalue weighted by atomic mass is 127. The van der Waals surface area contributed by atoms with Crippen molar-refractivity contribution >= 4 is 52.2 Å². The van der Waals surface area contributed by atoms with E-state index in [0.717, 1.165) is 25.3 Å². The van der Waals surface area contributed by atoms with Crippen LogP contribution in [0.15, 0.2) is 48.2 Å². The average Bonchev–Trinajstić information content (AvgIpc) is 2.89. The Morgan fingerprint density at radius 3 is 2.71 bits per heavy atom. The van der Waals surface area contributed by atoms with Crippen molar-refractivity contribution in [2.45, 2.75) is 6.92 Å². The number of rotatable bonds is 5. The number of ether oxygens (including phenoxy) is 1. The summed E-state index contributed by atoms with van der Waals surface area (Å²) in [7, 11) is 1.58. The van der Waals surface area contributed by atoms with Crippen molar-refractivity contribution in [1.82, 2.24) is 10.2 Å². The molecule has 28 heavy (non-hydrogen) atoms. The van der Waals surface area contributed by atoms with Gasteiger partial charge in [-0.2, -0.15) is 0 Å². The molecular formula is C20H18IN3O4. The molecular weight excluding hydrogens is 473 g/mol. The minimum Gasteiger partial charge on any atom is -0.496 e. The minimum absolute atomic E-state index is 0.120. The third kappa shape index (κ3) is 4.50. The number of amides is 4. The van der Waals surface area contributed by atoms with Gasteiger partial charge in [-0.05, 0) is 71.0 Å². The number of aryl methyl sites for hydroxylation is 1. The fourth-order valence-corrected chi connectivity index (χ4v) is 3.48. The zero-order valence-corrected chi connectivity index (χ0v) is 17.4. The van der Waals surface area contributed by atoms with Crippen molar-refractivity contribution in [3.05, 3.63) is 62.9 Å². The molecule has 1 saturated heterocycles. The van der Waals surface area contributed by atoms with Crippen LogP contribution in [0.4, 0.5) is 10.5 Å². The van der Waals surface area contributed by atoms with Crippen molar-refractivity contribution in [3.63, 3.8) is 0 Å². The first-order valence-corrected chi connectivity index (χ1v) is 9.50. The molecule has 1 fully saturated rings. The number of anilines is 1. The van der Waals surface area contributed by atoms with Crippen LogP contribution in [0, 0.1) is 10.5 Å². The largest absolute Gasteiger partial charge is 0.496 e. The number of halogens is 1. The van der Waals surface area contributed by atoms with Crippen molar-refractivity contribution < 1.29 is 19.1 Å². The van der Waals surface area contributed by atoms with E-state index in [1.54, 1.807) is 37.5 Å². The minimum atomic E-state index is -0.626. The van der Waals surface area contributed by atoms with Crippen LogP contribution < -0.4 is 15.4 Å². The molecule has 4 amide bonds. The molecule has 1 aliphatic heterocycles. The topological polar surface area (TPSA) is 87.7 Å². The second-order valence-electron chi connectivity index (χ2n) is 6.19. The molecule has 0 spiro atoms. The molecule has 1 heterocycles. The van der Waals surface area contributed by atoms with Gasteiger partial charge in [0.1, 0.15) is 18.0 Å². The molecule has 0 radical (unpaired) electrons. The molecule has 0 aromatic heterocycles. The van der Waals surface area contributed by atoms with Crippen LogP contribution in [0.2, 0.25) is 0 Å². The number of imide groups is 1. The molecule has 8 heteroatoms. The molecule has 3 rings (SSSR count). The van der Waals surface area contributed by atoms with Crippen LogP contribution in [0.1, 0.15) is 11.1 Å². The SMILES string of the molecule is COc1ccc(/C=C2/NC(=O)N(CC(=O)Nc3cccc(C)c3)C2=O)cc1I. The highest BCUT2D eigenvalue weighted by molar-refractivity contribution is 14.1. The summed E-state index contributed by atoms with van der Waals surface area (Å²) >= 11 is 2.12. The smallest absolute Gasteiger partial charge is 0.329 e. The summed E-state index contributed by atoms with van der Waals surface area (Å²) < 4.78 is 6.08. The molecule has 0 saturated carbocycles. The number of hydrogen-bond donors (Lipinski definition) is 2. The van der Waals surface area contributed by atoms with Gasteiger partial charge in [-0.15, -0.1) is 0 Å². The van der Waals surface area contributed by atoms with E-state index in [1.165, 1.54) is 0 Å². The fraction of sp³-hybridized carbons (Fsp3) is 0.150. The van der Waals surface area contributed by atoms with Gasteiger partial charge in [-0.25, -0.2) is 9.69 Å². The van der Waals surface area contributed by atoms with Gasteiger partial charge >= 0.3 is 6.03 Å². The first-order chi connectivity index (χ1) is 13.4. The third-order valence-electron chi connectivity index (χ3n) is 4.05. The Balaban J connectivity index is 1.71. The lowest BCUT2D eigenvalue weighted by Crippen LogP contribution is -2.38. The molecule has 0 bridgehead atoms. The van der Waals surface area contributed by atoms with Gasteiger partial charge in [0.15, 0.2) is 0 Å². The highest BCUT2D eigenvalue weighted by Crippen LogP contribution is 2.23. The number of benzene rings is 2. The van der Waals surface area contributed by atoms with Crippen LogP contribution in [0.25, 0.3) is 6.08 Å². The van der Waals surface area contributed by atoms with E-state index in [0.29, 0.717) is 5.69 Å². The van der Waals surface area contributed by atoms with E-state index in [9.17, 15) is 14.4 Å². The van der Waals surface area contributed by atoms with Gasteiger partial charge in [-0.3, -0.25) is 9.59 Å². The van der Waals surface area contributed by atoms with E-state index < -0.39 is 17.8 Å². The quantitative estimate of drug-likeness (QED) is 0.382. The Kier molecular flexibility index (Phi) is 5.98. The van der Waals surface area contributed by atoms with Gasteiger partial charge < -0.3 is 15.4 Å². The molecule has 7 nitrogen and oxygen atoms in total.